The van der Waals surface area contributed by atoms with E-state index in [1.54, 1.807) is 6.07 Å². The summed E-state index contributed by atoms with van der Waals surface area (Å²) in [6, 6.07) is 4.17. The van der Waals surface area contributed by atoms with E-state index in [1.807, 2.05) is 6.92 Å². The highest BCUT2D eigenvalue weighted by atomic mass is 19.1. The minimum absolute atomic E-state index is 0.224. The zero-order valence-corrected chi connectivity index (χ0v) is 11.3. The van der Waals surface area contributed by atoms with Crippen LogP contribution in [0.15, 0.2) is 18.2 Å². The zero-order valence-electron chi connectivity index (χ0n) is 11.3. The molecule has 3 atom stereocenters. The minimum atomic E-state index is -0.480. The molecule has 0 saturated heterocycles. The van der Waals surface area contributed by atoms with Crippen LogP contribution in [0.3, 0.4) is 0 Å². The molecule has 0 heterocycles. The molecule has 1 aliphatic rings. The Morgan fingerprint density at radius 2 is 2.05 bits per heavy atom. The molecule has 106 valence electrons. The van der Waals surface area contributed by atoms with Gasteiger partial charge in [-0.1, -0.05) is 18.9 Å². The summed E-state index contributed by atoms with van der Waals surface area (Å²) in [6.45, 7) is 1.84. The average Bonchev–Trinajstić information content (AvgIpc) is 2.55. The number of ether oxygens (including phenoxy) is 1. The summed E-state index contributed by atoms with van der Waals surface area (Å²) in [7, 11) is 0. The van der Waals surface area contributed by atoms with Crippen molar-refractivity contribution < 1.29 is 14.2 Å². The standard InChI is InChI=1S/C15H22FNO2/c1-10(17)12-8-7-11(16)9-15(12)19-14-6-4-2-3-5-13(14)18/h7-10,13-14,18H,2-6,17H2,1H3/t10-,13?,14?/m0/s1. The molecular formula is C15H22FNO2. The maximum absolute atomic E-state index is 13.4. The van der Waals surface area contributed by atoms with Crippen LogP contribution < -0.4 is 10.5 Å². The topological polar surface area (TPSA) is 55.5 Å². The fraction of sp³-hybridized carbons (Fsp3) is 0.600. The number of benzene rings is 1. The maximum Gasteiger partial charge on any atom is 0.127 e. The highest BCUT2D eigenvalue weighted by Crippen LogP contribution is 2.29. The lowest BCUT2D eigenvalue weighted by atomic mass is 10.1. The molecule has 0 amide bonds. The van der Waals surface area contributed by atoms with Crippen molar-refractivity contribution in [1.82, 2.24) is 0 Å². The SMILES string of the molecule is C[C@H](N)c1ccc(F)cc1OC1CCCCCC1O. The van der Waals surface area contributed by atoms with Gasteiger partial charge in [-0.15, -0.1) is 0 Å². The molecule has 3 N–H and O–H groups in total. The third-order valence-corrected chi connectivity index (χ3v) is 3.66. The van der Waals surface area contributed by atoms with E-state index < -0.39 is 6.10 Å². The van der Waals surface area contributed by atoms with Gasteiger partial charge in [0.05, 0.1) is 6.10 Å². The lowest BCUT2D eigenvalue weighted by Crippen LogP contribution is -2.31. The second-order valence-electron chi connectivity index (χ2n) is 5.33. The summed E-state index contributed by atoms with van der Waals surface area (Å²) in [5.41, 5.74) is 6.65. The van der Waals surface area contributed by atoms with E-state index in [-0.39, 0.29) is 18.0 Å². The summed E-state index contributed by atoms with van der Waals surface area (Å²) in [4.78, 5) is 0. The fourth-order valence-electron chi connectivity index (χ4n) is 2.54. The van der Waals surface area contributed by atoms with Gasteiger partial charge in [-0.3, -0.25) is 0 Å². The highest BCUT2D eigenvalue weighted by Gasteiger charge is 2.24. The fourth-order valence-corrected chi connectivity index (χ4v) is 2.54. The predicted octanol–water partition coefficient (Wildman–Crippen LogP) is 2.92. The van der Waals surface area contributed by atoms with Gasteiger partial charge in [-0.25, -0.2) is 4.39 Å². The Bertz CT molecular complexity index is 423. The largest absolute Gasteiger partial charge is 0.487 e. The average molecular weight is 267 g/mol. The monoisotopic (exact) mass is 267 g/mol. The Morgan fingerprint density at radius 3 is 2.79 bits per heavy atom. The van der Waals surface area contributed by atoms with Crippen LogP contribution in [-0.4, -0.2) is 17.3 Å². The number of hydrogen-bond acceptors (Lipinski definition) is 3. The molecule has 0 spiro atoms. The maximum atomic E-state index is 13.4. The molecule has 4 heteroatoms. The molecule has 1 aromatic carbocycles. The van der Waals surface area contributed by atoms with Gasteiger partial charge in [0, 0.05) is 17.7 Å². The number of halogens is 1. The van der Waals surface area contributed by atoms with Gasteiger partial charge in [-0.05, 0) is 32.3 Å². The quantitative estimate of drug-likeness (QED) is 0.828. The van der Waals surface area contributed by atoms with Crippen molar-refractivity contribution in [3.63, 3.8) is 0 Å². The van der Waals surface area contributed by atoms with Crippen LogP contribution in [0.25, 0.3) is 0 Å². The molecule has 0 aliphatic heterocycles. The smallest absolute Gasteiger partial charge is 0.127 e. The third-order valence-electron chi connectivity index (χ3n) is 3.66. The van der Waals surface area contributed by atoms with Crippen LogP contribution in [-0.2, 0) is 0 Å². The number of hydrogen-bond donors (Lipinski definition) is 2. The highest BCUT2D eigenvalue weighted by molar-refractivity contribution is 5.36. The third kappa shape index (κ3) is 3.67. The summed E-state index contributed by atoms with van der Waals surface area (Å²) in [6.07, 6.45) is 3.96. The Hall–Kier alpha value is -1.13. The lowest BCUT2D eigenvalue weighted by molar-refractivity contribution is 0.0311. The van der Waals surface area contributed by atoms with Gasteiger partial charge < -0.3 is 15.6 Å². The Kier molecular flexibility index (Phi) is 4.77. The first kappa shape index (κ1) is 14.3. The summed E-state index contributed by atoms with van der Waals surface area (Å²) < 4.78 is 19.2. The molecule has 1 fully saturated rings. The van der Waals surface area contributed by atoms with E-state index >= 15 is 0 Å². The van der Waals surface area contributed by atoms with Crippen molar-refractivity contribution >= 4 is 0 Å². The van der Waals surface area contributed by atoms with Gasteiger partial charge in [0.15, 0.2) is 0 Å². The molecular weight excluding hydrogens is 245 g/mol. The molecule has 3 nitrogen and oxygen atoms in total. The Balaban J connectivity index is 2.18. The van der Waals surface area contributed by atoms with Crippen LogP contribution in [0.2, 0.25) is 0 Å². The van der Waals surface area contributed by atoms with E-state index in [4.69, 9.17) is 10.5 Å². The molecule has 0 bridgehead atoms. The molecule has 1 saturated carbocycles. The van der Waals surface area contributed by atoms with E-state index in [1.165, 1.54) is 12.1 Å². The first-order chi connectivity index (χ1) is 9.08. The molecule has 0 radical (unpaired) electrons. The van der Waals surface area contributed by atoms with Crippen LogP contribution in [0.5, 0.6) is 5.75 Å². The van der Waals surface area contributed by atoms with Gasteiger partial charge in [-0.2, -0.15) is 0 Å². The van der Waals surface area contributed by atoms with Crippen LogP contribution >= 0.6 is 0 Å². The van der Waals surface area contributed by atoms with Crippen LogP contribution in [0.1, 0.15) is 50.6 Å². The molecule has 2 rings (SSSR count). The number of nitrogens with two attached hydrogens (primary N) is 1. The zero-order chi connectivity index (χ0) is 13.8. The molecule has 1 aliphatic carbocycles. The minimum Gasteiger partial charge on any atom is -0.487 e. The second-order valence-corrected chi connectivity index (χ2v) is 5.33. The van der Waals surface area contributed by atoms with Crippen molar-refractivity contribution in [3.05, 3.63) is 29.6 Å². The van der Waals surface area contributed by atoms with Gasteiger partial charge in [0.25, 0.3) is 0 Å². The number of aliphatic hydroxyl groups excluding tert-OH is 1. The molecule has 1 aromatic rings. The molecule has 2 unspecified atom stereocenters. The molecule has 19 heavy (non-hydrogen) atoms. The van der Waals surface area contributed by atoms with Gasteiger partial charge in [0.1, 0.15) is 17.7 Å². The Morgan fingerprint density at radius 1 is 1.32 bits per heavy atom. The van der Waals surface area contributed by atoms with Crippen molar-refractivity contribution in [2.24, 2.45) is 5.73 Å². The van der Waals surface area contributed by atoms with Crippen molar-refractivity contribution in [2.75, 3.05) is 0 Å². The first-order valence-corrected chi connectivity index (χ1v) is 6.97. The van der Waals surface area contributed by atoms with Crippen molar-refractivity contribution in [3.8, 4) is 5.75 Å². The van der Waals surface area contributed by atoms with Gasteiger partial charge >= 0.3 is 0 Å². The van der Waals surface area contributed by atoms with Crippen molar-refractivity contribution in [2.45, 2.75) is 57.3 Å². The van der Waals surface area contributed by atoms with E-state index in [2.05, 4.69) is 0 Å². The first-order valence-electron chi connectivity index (χ1n) is 6.97. The molecule has 0 aromatic heterocycles. The normalized spacial score (nSPS) is 25.7. The van der Waals surface area contributed by atoms with Crippen molar-refractivity contribution in [1.29, 1.82) is 0 Å². The Labute approximate surface area is 113 Å². The van der Waals surface area contributed by atoms with Gasteiger partial charge in [0.2, 0.25) is 0 Å². The lowest BCUT2D eigenvalue weighted by Gasteiger charge is -2.24. The number of aliphatic hydroxyl groups is 1. The second kappa shape index (κ2) is 6.35. The van der Waals surface area contributed by atoms with E-state index in [9.17, 15) is 9.50 Å². The summed E-state index contributed by atoms with van der Waals surface area (Å²) >= 11 is 0. The van der Waals surface area contributed by atoms with E-state index in [0.29, 0.717) is 5.75 Å². The summed E-state index contributed by atoms with van der Waals surface area (Å²) in [5.74, 6) is 0.114. The number of rotatable bonds is 3. The predicted molar refractivity (Wildman–Crippen MR) is 72.5 cm³/mol. The van der Waals surface area contributed by atoms with Crippen LogP contribution in [0.4, 0.5) is 4.39 Å². The van der Waals surface area contributed by atoms with E-state index in [0.717, 1.165) is 37.7 Å². The van der Waals surface area contributed by atoms with Crippen LogP contribution in [0, 0.1) is 5.82 Å². The summed E-state index contributed by atoms with van der Waals surface area (Å²) in [5, 5.41) is 10.1.